The van der Waals surface area contributed by atoms with Crippen molar-refractivity contribution in [2.45, 2.75) is 238 Å². The second-order valence-electron chi connectivity index (χ2n) is 16.9. The quantitative estimate of drug-likeness (QED) is 0.0233. The molecule has 0 spiro atoms. The largest absolute Gasteiger partial charge is 0.480 e. The number of allylic oxidation sites excluding steroid dienone is 8. The maximum Gasteiger partial charge on any atom is 0.472 e. The summed E-state index contributed by atoms with van der Waals surface area (Å²) in [6.45, 7) is 3.86. The summed E-state index contributed by atoms with van der Waals surface area (Å²) < 4.78 is 33.5. The monoisotopic (exact) mass is 896 g/mol. The summed E-state index contributed by atoms with van der Waals surface area (Å²) >= 11 is 0. The highest BCUT2D eigenvalue weighted by Crippen LogP contribution is 2.43. The topological polar surface area (TPSA) is 155 Å². The molecule has 0 heterocycles. The van der Waals surface area contributed by atoms with Crippen LogP contribution < -0.4 is 5.73 Å². The Balaban J connectivity index is 4.19. The van der Waals surface area contributed by atoms with Crippen LogP contribution in [-0.2, 0) is 32.7 Å². The molecule has 0 rings (SSSR count). The minimum absolute atomic E-state index is 0.00824. The minimum atomic E-state index is -4.63. The highest BCUT2D eigenvalue weighted by Gasteiger charge is 2.27. The zero-order valence-electron chi connectivity index (χ0n) is 39.7. The third kappa shape index (κ3) is 45.9. The highest BCUT2D eigenvalue weighted by atomic mass is 31.2. The number of carboxylic acid groups (broad SMARTS) is 1. The number of aliphatic carboxylic acids is 1. The maximum absolute atomic E-state index is 12.7. The lowest BCUT2D eigenvalue weighted by atomic mass is 10.1. The summed E-state index contributed by atoms with van der Waals surface area (Å²) in [4.78, 5) is 33.7. The molecule has 0 aromatic carbocycles. The molecule has 0 aliphatic carbocycles. The lowest BCUT2D eigenvalue weighted by Crippen LogP contribution is -2.34. The van der Waals surface area contributed by atoms with Crippen molar-refractivity contribution in [1.82, 2.24) is 0 Å². The molecule has 4 N–H and O–H groups in total. The standard InChI is InChI=1S/C51H94NO9P/c1-3-5-7-9-11-13-15-17-19-21-23-24-25-26-28-30-32-34-36-38-40-42-44-58-45-48(46-59-62(56,57)60-47-49(52)51(54)55)61-50(53)43-41-39-37-35-33-31-29-27-22-20-18-16-14-12-10-8-6-4-2/h15,17,20-23,25-26,48-49H,3-14,16,18-19,24,27-47,52H2,1-2H3,(H,54,55)(H,56,57)/b17-15-,22-20-,23-21-,26-25-. The van der Waals surface area contributed by atoms with E-state index >= 15 is 0 Å². The lowest BCUT2D eigenvalue weighted by molar-refractivity contribution is -0.154. The predicted molar refractivity (Wildman–Crippen MR) is 258 cm³/mol. The van der Waals surface area contributed by atoms with E-state index in [1.54, 1.807) is 0 Å². The van der Waals surface area contributed by atoms with E-state index in [1.165, 1.54) is 135 Å². The number of rotatable bonds is 48. The van der Waals surface area contributed by atoms with Crippen molar-refractivity contribution in [1.29, 1.82) is 0 Å². The van der Waals surface area contributed by atoms with E-state index in [0.717, 1.165) is 64.2 Å². The Morgan fingerprint density at radius 2 is 0.887 bits per heavy atom. The molecule has 0 aromatic heterocycles. The zero-order chi connectivity index (χ0) is 45.5. The van der Waals surface area contributed by atoms with E-state index in [9.17, 15) is 19.0 Å². The normalized spacial score (nSPS) is 14.1. The van der Waals surface area contributed by atoms with Gasteiger partial charge in [-0.25, -0.2) is 4.57 Å². The van der Waals surface area contributed by atoms with Crippen LogP contribution in [0.5, 0.6) is 0 Å². The number of nitrogens with two attached hydrogens (primary N) is 1. The van der Waals surface area contributed by atoms with E-state index in [-0.39, 0.29) is 13.0 Å². The fraction of sp³-hybridized carbons (Fsp3) is 0.804. The molecule has 62 heavy (non-hydrogen) atoms. The van der Waals surface area contributed by atoms with Gasteiger partial charge in [0.25, 0.3) is 0 Å². The first-order valence-corrected chi connectivity index (χ1v) is 26.7. The van der Waals surface area contributed by atoms with E-state index < -0.39 is 45.1 Å². The molecular weight excluding hydrogens is 802 g/mol. The second-order valence-corrected chi connectivity index (χ2v) is 18.4. The van der Waals surface area contributed by atoms with E-state index in [1.807, 2.05) is 0 Å². The smallest absolute Gasteiger partial charge is 0.472 e. The molecular formula is C51H94NO9P. The Bertz CT molecular complexity index is 1170. The third-order valence-electron chi connectivity index (χ3n) is 10.8. The Labute approximate surface area is 379 Å². The first-order chi connectivity index (χ1) is 30.2. The molecule has 362 valence electrons. The van der Waals surface area contributed by atoms with Crippen molar-refractivity contribution in [2.24, 2.45) is 5.73 Å². The van der Waals surface area contributed by atoms with Gasteiger partial charge in [0.05, 0.1) is 19.8 Å². The van der Waals surface area contributed by atoms with Crippen LogP contribution in [0.2, 0.25) is 0 Å². The van der Waals surface area contributed by atoms with Crippen molar-refractivity contribution in [3.05, 3.63) is 48.6 Å². The van der Waals surface area contributed by atoms with E-state index in [4.69, 9.17) is 29.4 Å². The molecule has 0 saturated heterocycles. The van der Waals surface area contributed by atoms with Crippen LogP contribution >= 0.6 is 7.82 Å². The number of phosphoric acid groups is 1. The second kappa shape index (κ2) is 46.9. The average Bonchev–Trinajstić information content (AvgIpc) is 3.25. The van der Waals surface area contributed by atoms with Gasteiger partial charge < -0.3 is 25.2 Å². The number of hydrogen-bond acceptors (Lipinski definition) is 8. The Kier molecular flexibility index (Phi) is 45.3. The SMILES string of the molecule is CCCCCCC/C=C\C/C=C\C/C=C\CCCCCCCCCOCC(COP(=O)(O)OCC(N)C(=O)O)OC(=O)CCCCCCCCC/C=C\CCCCCCCCC. The predicted octanol–water partition coefficient (Wildman–Crippen LogP) is 14.6. The zero-order valence-corrected chi connectivity index (χ0v) is 40.6. The molecule has 0 aromatic rings. The van der Waals surface area contributed by atoms with Crippen molar-refractivity contribution < 1.29 is 42.7 Å². The Morgan fingerprint density at radius 1 is 0.516 bits per heavy atom. The van der Waals surface area contributed by atoms with Gasteiger partial charge in [0, 0.05) is 13.0 Å². The number of phosphoric ester groups is 1. The third-order valence-corrected chi connectivity index (χ3v) is 11.8. The highest BCUT2D eigenvalue weighted by molar-refractivity contribution is 7.47. The van der Waals surface area contributed by atoms with Gasteiger partial charge in [-0.05, 0) is 77.0 Å². The van der Waals surface area contributed by atoms with E-state index in [0.29, 0.717) is 13.0 Å². The Morgan fingerprint density at radius 3 is 1.34 bits per heavy atom. The van der Waals surface area contributed by atoms with Gasteiger partial charge in [0.1, 0.15) is 12.1 Å². The van der Waals surface area contributed by atoms with Crippen molar-refractivity contribution in [3.63, 3.8) is 0 Å². The first kappa shape index (κ1) is 59.9. The molecule has 3 atom stereocenters. The summed E-state index contributed by atoms with van der Waals surface area (Å²) in [6.07, 6.45) is 55.9. The molecule has 11 heteroatoms. The molecule has 3 unspecified atom stereocenters. The fourth-order valence-electron chi connectivity index (χ4n) is 6.90. The van der Waals surface area contributed by atoms with Crippen molar-refractivity contribution >= 4 is 19.8 Å². The molecule has 0 radical (unpaired) electrons. The Hall–Kier alpha value is -2.07. The van der Waals surface area contributed by atoms with Crippen molar-refractivity contribution in [3.8, 4) is 0 Å². The summed E-state index contributed by atoms with van der Waals surface area (Å²) in [5.41, 5.74) is 5.37. The number of esters is 1. The molecule has 0 amide bonds. The molecule has 0 aliphatic heterocycles. The van der Waals surface area contributed by atoms with Crippen LogP contribution in [0.25, 0.3) is 0 Å². The van der Waals surface area contributed by atoms with Gasteiger partial charge in [0.15, 0.2) is 0 Å². The van der Waals surface area contributed by atoms with Gasteiger partial charge in [-0.1, -0.05) is 191 Å². The first-order valence-electron chi connectivity index (χ1n) is 25.2. The molecule has 0 bridgehead atoms. The van der Waals surface area contributed by atoms with Crippen LogP contribution in [-0.4, -0.2) is 60.5 Å². The van der Waals surface area contributed by atoms with Crippen LogP contribution in [0.4, 0.5) is 0 Å². The number of ether oxygens (including phenoxy) is 2. The maximum atomic E-state index is 12.7. The van der Waals surface area contributed by atoms with Crippen LogP contribution in [0.3, 0.4) is 0 Å². The van der Waals surface area contributed by atoms with Crippen LogP contribution in [0.1, 0.15) is 226 Å². The average molecular weight is 896 g/mol. The number of carbonyl (C=O) groups excluding carboxylic acids is 1. The van der Waals surface area contributed by atoms with Gasteiger partial charge >= 0.3 is 19.8 Å². The summed E-state index contributed by atoms with van der Waals surface area (Å²) in [5, 5.41) is 8.92. The minimum Gasteiger partial charge on any atom is -0.480 e. The van der Waals surface area contributed by atoms with Crippen LogP contribution in [0.15, 0.2) is 48.6 Å². The summed E-state index contributed by atoms with van der Waals surface area (Å²) in [7, 11) is -4.63. The molecule has 0 fully saturated rings. The number of carboxylic acids is 1. The summed E-state index contributed by atoms with van der Waals surface area (Å²) in [6, 6.07) is -1.48. The van der Waals surface area contributed by atoms with Gasteiger partial charge in [-0.2, -0.15) is 0 Å². The van der Waals surface area contributed by atoms with Crippen LogP contribution in [0, 0.1) is 0 Å². The van der Waals surface area contributed by atoms with Gasteiger partial charge in [-0.15, -0.1) is 0 Å². The number of hydrogen-bond donors (Lipinski definition) is 3. The molecule has 0 saturated carbocycles. The lowest BCUT2D eigenvalue weighted by Gasteiger charge is -2.20. The van der Waals surface area contributed by atoms with Crippen molar-refractivity contribution in [2.75, 3.05) is 26.4 Å². The molecule has 0 aliphatic rings. The number of unbranched alkanes of at least 4 members (excludes halogenated alkanes) is 26. The number of carbonyl (C=O) groups is 2. The van der Waals surface area contributed by atoms with E-state index in [2.05, 4.69) is 62.5 Å². The van der Waals surface area contributed by atoms with Gasteiger partial charge in [0.2, 0.25) is 0 Å². The summed E-state index contributed by atoms with van der Waals surface area (Å²) in [5.74, 6) is -1.78. The van der Waals surface area contributed by atoms with Gasteiger partial charge in [-0.3, -0.25) is 18.6 Å². The molecule has 10 nitrogen and oxygen atoms in total. The fourth-order valence-corrected chi connectivity index (χ4v) is 7.68.